The monoisotopic (exact) mass is 459 g/mol. The Morgan fingerprint density at radius 3 is 2.03 bits per heavy atom. The Morgan fingerprint density at radius 2 is 1.42 bits per heavy atom. The first kappa shape index (κ1) is 27.9. The maximum absolute atomic E-state index is 12.6. The number of esters is 1. The van der Waals surface area contributed by atoms with Gasteiger partial charge in [-0.2, -0.15) is 0 Å². The molecule has 0 amide bonds. The number of aliphatic hydroxyl groups excluding tert-OH is 1. The SMILES string of the molecule is CCCCCCC(O)CCCCCCCCCCC(=O)OC1(c2ccccc2)CCNCC1. The van der Waals surface area contributed by atoms with Crippen LogP contribution in [0.5, 0.6) is 0 Å². The van der Waals surface area contributed by atoms with Crippen LogP contribution in [-0.2, 0) is 15.1 Å². The predicted molar refractivity (Wildman–Crippen MR) is 137 cm³/mol. The maximum atomic E-state index is 12.6. The lowest BCUT2D eigenvalue weighted by Crippen LogP contribution is -2.43. The van der Waals surface area contributed by atoms with Crippen LogP contribution in [0.4, 0.5) is 0 Å². The average Bonchev–Trinajstić information content (AvgIpc) is 2.84. The van der Waals surface area contributed by atoms with Gasteiger partial charge in [-0.05, 0) is 37.9 Å². The van der Waals surface area contributed by atoms with Crippen molar-refractivity contribution in [1.82, 2.24) is 5.32 Å². The number of unbranched alkanes of at least 4 members (excludes halogenated alkanes) is 10. The van der Waals surface area contributed by atoms with E-state index in [1.807, 2.05) is 18.2 Å². The first-order valence-corrected chi connectivity index (χ1v) is 13.8. The average molecular weight is 460 g/mol. The molecule has 188 valence electrons. The van der Waals surface area contributed by atoms with Gasteiger partial charge in [0.25, 0.3) is 0 Å². The summed E-state index contributed by atoms with van der Waals surface area (Å²) in [5.41, 5.74) is 0.677. The molecule has 1 aromatic rings. The van der Waals surface area contributed by atoms with Crippen molar-refractivity contribution >= 4 is 5.97 Å². The van der Waals surface area contributed by atoms with E-state index in [1.54, 1.807) is 0 Å². The molecule has 0 spiro atoms. The Balaban J connectivity index is 1.48. The molecule has 1 aliphatic heterocycles. The number of hydrogen-bond donors (Lipinski definition) is 2. The van der Waals surface area contributed by atoms with Gasteiger partial charge in [0.05, 0.1) is 6.10 Å². The summed E-state index contributed by atoms with van der Waals surface area (Å²) in [7, 11) is 0. The molecule has 4 nitrogen and oxygen atoms in total. The van der Waals surface area contributed by atoms with Crippen molar-refractivity contribution in [3.8, 4) is 0 Å². The highest BCUT2D eigenvalue weighted by molar-refractivity contribution is 5.70. The number of carbonyl (C=O) groups is 1. The lowest BCUT2D eigenvalue weighted by molar-refractivity contribution is -0.164. The van der Waals surface area contributed by atoms with Crippen LogP contribution in [-0.4, -0.2) is 30.3 Å². The fourth-order valence-electron chi connectivity index (χ4n) is 4.95. The van der Waals surface area contributed by atoms with Gasteiger partial charge >= 0.3 is 5.97 Å². The molecule has 2 N–H and O–H groups in total. The first-order chi connectivity index (χ1) is 16.2. The van der Waals surface area contributed by atoms with Crippen LogP contribution >= 0.6 is 0 Å². The summed E-state index contributed by atoms with van der Waals surface area (Å²) in [6, 6.07) is 10.3. The Labute approximate surface area is 202 Å². The van der Waals surface area contributed by atoms with Gasteiger partial charge in [-0.15, -0.1) is 0 Å². The number of nitrogens with one attached hydrogen (secondary N) is 1. The molecule has 1 atom stereocenters. The molecule has 0 bridgehead atoms. The lowest BCUT2D eigenvalue weighted by atomic mass is 9.84. The third-order valence-electron chi connectivity index (χ3n) is 7.08. The highest BCUT2D eigenvalue weighted by Gasteiger charge is 2.37. The van der Waals surface area contributed by atoms with E-state index in [9.17, 15) is 9.90 Å². The number of rotatable bonds is 18. The van der Waals surface area contributed by atoms with E-state index in [0.29, 0.717) is 6.42 Å². The van der Waals surface area contributed by atoms with Crippen molar-refractivity contribution in [2.45, 2.75) is 128 Å². The van der Waals surface area contributed by atoms with E-state index in [2.05, 4.69) is 24.4 Å². The highest BCUT2D eigenvalue weighted by atomic mass is 16.6. The van der Waals surface area contributed by atoms with Crippen molar-refractivity contribution in [3.05, 3.63) is 35.9 Å². The van der Waals surface area contributed by atoms with Crippen LogP contribution < -0.4 is 5.32 Å². The van der Waals surface area contributed by atoms with E-state index in [-0.39, 0.29) is 12.1 Å². The number of aliphatic hydroxyl groups is 1. The van der Waals surface area contributed by atoms with Crippen LogP contribution in [0.3, 0.4) is 0 Å². The zero-order chi connectivity index (χ0) is 23.6. The standard InChI is InChI=1S/C29H49NO3/c1-2-3-4-14-19-27(31)20-15-9-7-5-6-8-10-16-21-28(32)33-29(22-24-30-25-23-29)26-17-12-11-13-18-26/h11-13,17-18,27,30-31H,2-10,14-16,19-25H2,1H3. The summed E-state index contributed by atoms with van der Waals surface area (Å²) >= 11 is 0. The van der Waals surface area contributed by atoms with Gasteiger partial charge in [0.1, 0.15) is 5.60 Å². The Bertz CT molecular complexity index is 613. The highest BCUT2D eigenvalue weighted by Crippen LogP contribution is 2.35. The van der Waals surface area contributed by atoms with E-state index in [0.717, 1.165) is 63.6 Å². The fourth-order valence-corrected chi connectivity index (χ4v) is 4.95. The van der Waals surface area contributed by atoms with Crippen molar-refractivity contribution in [3.63, 3.8) is 0 Å². The van der Waals surface area contributed by atoms with Crippen molar-refractivity contribution in [1.29, 1.82) is 0 Å². The number of benzene rings is 1. The fraction of sp³-hybridized carbons (Fsp3) is 0.759. The Hall–Kier alpha value is -1.39. The molecular formula is C29H49NO3. The lowest BCUT2D eigenvalue weighted by Gasteiger charge is -2.37. The number of ether oxygens (including phenoxy) is 1. The van der Waals surface area contributed by atoms with Crippen LogP contribution in [0.25, 0.3) is 0 Å². The molecule has 1 saturated heterocycles. The molecule has 1 aliphatic rings. The summed E-state index contributed by atoms with van der Waals surface area (Å²) < 4.78 is 6.09. The second-order valence-electron chi connectivity index (χ2n) is 9.95. The number of hydrogen-bond acceptors (Lipinski definition) is 4. The second-order valence-corrected chi connectivity index (χ2v) is 9.95. The topological polar surface area (TPSA) is 58.6 Å². The van der Waals surface area contributed by atoms with Crippen molar-refractivity contribution in [2.24, 2.45) is 0 Å². The van der Waals surface area contributed by atoms with Crippen LogP contribution in [0.15, 0.2) is 30.3 Å². The van der Waals surface area contributed by atoms with E-state index >= 15 is 0 Å². The molecule has 2 rings (SSSR count). The minimum atomic E-state index is -0.452. The second kappa shape index (κ2) is 17.1. The third kappa shape index (κ3) is 11.5. The Kier molecular flexibility index (Phi) is 14.4. The van der Waals surface area contributed by atoms with E-state index in [1.165, 1.54) is 57.8 Å². The van der Waals surface area contributed by atoms with Gasteiger partial charge in [0.15, 0.2) is 0 Å². The van der Waals surface area contributed by atoms with Gasteiger partial charge in [-0.1, -0.05) is 108 Å². The molecule has 33 heavy (non-hydrogen) atoms. The maximum Gasteiger partial charge on any atom is 0.306 e. The first-order valence-electron chi connectivity index (χ1n) is 13.8. The van der Waals surface area contributed by atoms with E-state index in [4.69, 9.17) is 4.74 Å². The largest absolute Gasteiger partial charge is 0.454 e. The normalized spacial score (nSPS) is 16.4. The molecule has 0 aliphatic carbocycles. The summed E-state index contributed by atoms with van der Waals surface area (Å²) in [6.45, 7) is 4.00. The smallest absolute Gasteiger partial charge is 0.306 e. The molecule has 0 aromatic heterocycles. The van der Waals surface area contributed by atoms with Crippen LogP contribution in [0, 0.1) is 0 Å². The Morgan fingerprint density at radius 1 is 0.879 bits per heavy atom. The van der Waals surface area contributed by atoms with Gasteiger partial charge < -0.3 is 15.2 Å². The number of piperidine rings is 1. The van der Waals surface area contributed by atoms with Gasteiger partial charge in [0.2, 0.25) is 0 Å². The minimum Gasteiger partial charge on any atom is -0.454 e. The van der Waals surface area contributed by atoms with Gasteiger partial charge in [-0.3, -0.25) is 4.79 Å². The van der Waals surface area contributed by atoms with Crippen molar-refractivity contribution < 1.29 is 14.6 Å². The zero-order valence-electron chi connectivity index (χ0n) is 21.2. The minimum absolute atomic E-state index is 0.0472. The molecule has 0 radical (unpaired) electrons. The molecule has 0 saturated carbocycles. The number of carbonyl (C=O) groups excluding carboxylic acids is 1. The van der Waals surface area contributed by atoms with Crippen LogP contribution in [0.2, 0.25) is 0 Å². The molecule has 1 aromatic carbocycles. The molecule has 4 heteroatoms. The van der Waals surface area contributed by atoms with E-state index < -0.39 is 5.60 Å². The predicted octanol–water partition coefficient (Wildman–Crippen LogP) is 7.04. The summed E-state index contributed by atoms with van der Waals surface area (Å²) in [6.07, 6.45) is 18.4. The van der Waals surface area contributed by atoms with Crippen molar-refractivity contribution in [2.75, 3.05) is 13.1 Å². The molecule has 1 unspecified atom stereocenters. The molecule has 1 heterocycles. The third-order valence-corrected chi connectivity index (χ3v) is 7.08. The molecular weight excluding hydrogens is 410 g/mol. The molecule has 1 fully saturated rings. The quantitative estimate of drug-likeness (QED) is 0.182. The van der Waals surface area contributed by atoms with Gasteiger partial charge in [0, 0.05) is 19.3 Å². The summed E-state index contributed by atoms with van der Waals surface area (Å²) in [5.74, 6) is -0.0472. The summed E-state index contributed by atoms with van der Waals surface area (Å²) in [5, 5.41) is 13.4. The summed E-state index contributed by atoms with van der Waals surface area (Å²) in [4.78, 5) is 12.6. The zero-order valence-corrected chi connectivity index (χ0v) is 21.2. The van der Waals surface area contributed by atoms with Crippen LogP contribution in [0.1, 0.15) is 122 Å². The van der Waals surface area contributed by atoms with Gasteiger partial charge in [-0.25, -0.2) is 0 Å².